The predicted molar refractivity (Wildman–Crippen MR) is 74.0 cm³/mol. The van der Waals surface area contributed by atoms with Crippen molar-refractivity contribution in [3.8, 4) is 0 Å². The molecule has 1 aliphatic rings. The van der Waals surface area contributed by atoms with Gasteiger partial charge in [0, 0.05) is 26.2 Å². The molecule has 4 nitrogen and oxygen atoms in total. The van der Waals surface area contributed by atoms with Crippen molar-refractivity contribution in [3.05, 3.63) is 29.0 Å². The van der Waals surface area contributed by atoms with E-state index in [0.717, 1.165) is 26.2 Å². The molecule has 19 heavy (non-hydrogen) atoms. The molecule has 2 rings (SSSR count). The maximum atomic E-state index is 13.6. The number of hydrogen-bond acceptors (Lipinski definition) is 3. The lowest BCUT2D eigenvalue weighted by Crippen LogP contribution is -2.48. The van der Waals surface area contributed by atoms with Crippen LogP contribution in [-0.2, 0) is 4.79 Å². The second kappa shape index (κ2) is 6.21. The standard InChI is InChI=1S/C13H17ClFN3O/c1-17-5-7-18(8-6-17)12(19)9-16-11-4-2-3-10(14)13(11)15/h2-4,16H,5-9H2,1H3. The molecular formula is C13H17ClFN3O. The van der Waals surface area contributed by atoms with Gasteiger partial charge in [0.15, 0.2) is 5.82 Å². The summed E-state index contributed by atoms with van der Waals surface area (Å²) in [6.07, 6.45) is 0. The molecule has 1 N–H and O–H groups in total. The zero-order valence-electron chi connectivity index (χ0n) is 10.8. The summed E-state index contributed by atoms with van der Waals surface area (Å²) in [4.78, 5) is 15.9. The van der Waals surface area contributed by atoms with E-state index in [1.807, 2.05) is 7.05 Å². The zero-order chi connectivity index (χ0) is 13.8. The normalized spacial score (nSPS) is 16.5. The van der Waals surface area contributed by atoms with Gasteiger partial charge < -0.3 is 15.1 Å². The molecule has 1 heterocycles. The SMILES string of the molecule is CN1CCN(C(=O)CNc2cccc(Cl)c2F)CC1. The third-order valence-corrected chi connectivity index (χ3v) is 3.53. The van der Waals surface area contributed by atoms with Gasteiger partial charge in [-0.1, -0.05) is 17.7 Å². The Morgan fingerprint density at radius 3 is 2.74 bits per heavy atom. The van der Waals surface area contributed by atoms with Crippen molar-refractivity contribution in [2.75, 3.05) is 45.1 Å². The Kier molecular flexibility index (Phi) is 4.61. The fourth-order valence-electron chi connectivity index (χ4n) is 1.98. The number of carbonyl (C=O) groups is 1. The summed E-state index contributed by atoms with van der Waals surface area (Å²) in [5.41, 5.74) is 0.259. The molecule has 1 fully saturated rings. The third kappa shape index (κ3) is 3.58. The Morgan fingerprint density at radius 1 is 1.37 bits per heavy atom. The Balaban J connectivity index is 1.88. The quantitative estimate of drug-likeness (QED) is 0.918. The first-order chi connectivity index (χ1) is 9.08. The van der Waals surface area contributed by atoms with E-state index in [2.05, 4.69) is 10.2 Å². The lowest BCUT2D eigenvalue weighted by molar-refractivity contribution is -0.130. The minimum absolute atomic E-state index is 0.0209. The van der Waals surface area contributed by atoms with Gasteiger partial charge >= 0.3 is 0 Å². The molecule has 0 bridgehead atoms. The van der Waals surface area contributed by atoms with E-state index in [1.165, 1.54) is 6.07 Å². The molecule has 1 aromatic carbocycles. The first kappa shape index (κ1) is 14.1. The van der Waals surface area contributed by atoms with Crippen molar-refractivity contribution in [2.45, 2.75) is 0 Å². The first-order valence-electron chi connectivity index (χ1n) is 6.22. The number of rotatable bonds is 3. The Hall–Kier alpha value is -1.33. The number of amides is 1. The van der Waals surface area contributed by atoms with Crippen LogP contribution >= 0.6 is 11.6 Å². The Labute approximate surface area is 117 Å². The minimum atomic E-state index is -0.518. The van der Waals surface area contributed by atoms with Crippen LogP contribution in [0, 0.1) is 5.82 Å². The van der Waals surface area contributed by atoms with Crippen LogP contribution in [0.1, 0.15) is 0 Å². The number of nitrogens with zero attached hydrogens (tertiary/aromatic N) is 2. The summed E-state index contributed by atoms with van der Waals surface area (Å²) in [6.45, 7) is 3.26. The van der Waals surface area contributed by atoms with Crippen LogP contribution in [0.3, 0.4) is 0 Å². The maximum absolute atomic E-state index is 13.6. The lowest BCUT2D eigenvalue weighted by atomic mass is 10.3. The number of benzene rings is 1. The molecule has 6 heteroatoms. The van der Waals surface area contributed by atoms with Crippen molar-refractivity contribution >= 4 is 23.2 Å². The van der Waals surface area contributed by atoms with Crippen LogP contribution in [-0.4, -0.2) is 55.5 Å². The number of anilines is 1. The largest absolute Gasteiger partial charge is 0.374 e. The molecule has 1 aromatic rings. The average molecular weight is 286 g/mol. The van der Waals surface area contributed by atoms with Crippen molar-refractivity contribution in [1.29, 1.82) is 0 Å². The Morgan fingerprint density at radius 2 is 2.05 bits per heavy atom. The van der Waals surface area contributed by atoms with E-state index in [4.69, 9.17) is 11.6 Å². The minimum Gasteiger partial charge on any atom is -0.374 e. The van der Waals surface area contributed by atoms with E-state index >= 15 is 0 Å². The number of nitrogens with one attached hydrogen (secondary N) is 1. The van der Waals surface area contributed by atoms with Gasteiger partial charge in [0.2, 0.25) is 5.91 Å². The van der Waals surface area contributed by atoms with E-state index in [1.54, 1.807) is 17.0 Å². The highest BCUT2D eigenvalue weighted by Gasteiger charge is 2.19. The predicted octanol–water partition coefficient (Wildman–Crippen LogP) is 1.66. The van der Waals surface area contributed by atoms with Crippen molar-refractivity contribution in [2.24, 2.45) is 0 Å². The molecule has 0 saturated carbocycles. The molecule has 0 spiro atoms. The molecule has 0 aromatic heterocycles. The van der Waals surface area contributed by atoms with Crippen molar-refractivity contribution < 1.29 is 9.18 Å². The molecule has 0 atom stereocenters. The van der Waals surface area contributed by atoms with E-state index < -0.39 is 5.82 Å². The summed E-state index contributed by atoms with van der Waals surface area (Å²) in [7, 11) is 2.03. The molecule has 1 amide bonds. The number of likely N-dealkylation sites (N-methyl/N-ethyl adjacent to an activating group) is 1. The second-order valence-corrected chi connectivity index (χ2v) is 5.05. The summed E-state index contributed by atoms with van der Waals surface area (Å²) >= 11 is 5.68. The molecule has 1 saturated heterocycles. The van der Waals surface area contributed by atoms with Gasteiger partial charge in [-0.3, -0.25) is 4.79 Å². The van der Waals surface area contributed by atoms with Gasteiger partial charge in [0.05, 0.1) is 17.3 Å². The monoisotopic (exact) mass is 285 g/mol. The molecule has 0 aliphatic carbocycles. The van der Waals surface area contributed by atoms with E-state index in [0.29, 0.717) is 0 Å². The van der Waals surface area contributed by atoms with Crippen LogP contribution in [0.2, 0.25) is 5.02 Å². The molecule has 1 aliphatic heterocycles. The van der Waals surface area contributed by atoms with Gasteiger partial charge in [-0.05, 0) is 19.2 Å². The number of piperazine rings is 1. The smallest absolute Gasteiger partial charge is 0.241 e. The number of carbonyl (C=O) groups excluding carboxylic acids is 1. The topological polar surface area (TPSA) is 35.6 Å². The van der Waals surface area contributed by atoms with E-state index in [-0.39, 0.29) is 23.2 Å². The van der Waals surface area contributed by atoms with Crippen molar-refractivity contribution in [3.63, 3.8) is 0 Å². The van der Waals surface area contributed by atoms with Crippen LogP contribution in [0.25, 0.3) is 0 Å². The fraction of sp³-hybridized carbons (Fsp3) is 0.462. The zero-order valence-corrected chi connectivity index (χ0v) is 11.6. The first-order valence-corrected chi connectivity index (χ1v) is 6.60. The molecular weight excluding hydrogens is 269 g/mol. The van der Waals surface area contributed by atoms with Crippen LogP contribution in [0.4, 0.5) is 10.1 Å². The maximum Gasteiger partial charge on any atom is 0.241 e. The van der Waals surface area contributed by atoms with Gasteiger partial charge in [0.1, 0.15) is 0 Å². The second-order valence-electron chi connectivity index (χ2n) is 4.64. The van der Waals surface area contributed by atoms with Gasteiger partial charge in [-0.2, -0.15) is 0 Å². The van der Waals surface area contributed by atoms with E-state index in [9.17, 15) is 9.18 Å². The summed E-state index contributed by atoms with van der Waals surface area (Å²) < 4.78 is 13.6. The third-order valence-electron chi connectivity index (χ3n) is 3.24. The van der Waals surface area contributed by atoms with Crippen LogP contribution < -0.4 is 5.32 Å². The van der Waals surface area contributed by atoms with Gasteiger partial charge in [-0.25, -0.2) is 4.39 Å². The molecule has 0 radical (unpaired) electrons. The summed E-state index contributed by atoms with van der Waals surface area (Å²) in [5.74, 6) is -0.539. The van der Waals surface area contributed by atoms with Gasteiger partial charge in [-0.15, -0.1) is 0 Å². The summed E-state index contributed by atoms with van der Waals surface area (Å²) in [5, 5.41) is 2.85. The number of hydrogen-bond donors (Lipinski definition) is 1. The Bertz CT molecular complexity index is 461. The average Bonchev–Trinajstić information content (AvgIpc) is 2.41. The molecule has 0 unspecified atom stereocenters. The lowest BCUT2D eigenvalue weighted by Gasteiger charge is -2.32. The van der Waals surface area contributed by atoms with Crippen LogP contribution in [0.5, 0.6) is 0 Å². The highest BCUT2D eigenvalue weighted by molar-refractivity contribution is 6.31. The summed E-state index contributed by atoms with van der Waals surface area (Å²) in [6, 6.07) is 4.69. The van der Waals surface area contributed by atoms with Gasteiger partial charge in [0.25, 0.3) is 0 Å². The highest BCUT2D eigenvalue weighted by Crippen LogP contribution is 2.21. The highest BCUT2D eigenvalue weighted by atomic mass is 35.5. The molecule has 104 valence electrons. The fourth-order valence-corrected chi connectivity index (χ4v) is 2.15. The van der Waals surface area contributed by atoms with Crippen molar-refractivity contribution in [1.82, 2.24) is 9.80 Å². The number of halogens is 2. The van der Waals surface area contributed by atoms with Crippen LogP contribution in [0.15, 0.2) is 18.2 Å².